The number of fused-ring (bicyclic) bond motifs is 5. The maximum Gasteiger partial charge on any atom is 0.204 e. The molecule has 0 unspecified atom stereocenters. The van der Waals surface area contributed by atoms with E-state index < -0.39 is 0 Å². The van der Waals surface area contributed by atoms with Crippen LogP contribution in [0.3, 0.4) is 0 Å². The number of hydrogen-bond acceptors (Lipinski definition) is 3. The lowest BCUT2D eigenvalue weighted by molar-refractivity contribution is -0.145. The van der Waals surface area contributed by atoms with Gasteiger partial charge in [-0.1, -0.05) is 13.8 Å². The Morgan fingerprint density at radius 3 is 2.55 bits per heavy atom. The number of carbonyl (C=O) groups is 2. The van der Waals surface area contributed by atoms with E-state index in [1.54, 1.807) is 0 Å². The van der Waals surface area contributed by atoms with Crippen LogP contribution in [-0.2, 0) is 9.59 Å². The summed E-state index contributed by atoms with van der Waals surface area (Å²) in [4.78, 5) is 24.4. The summed E-state index contributed by atoms with van der Waals surface area (Å²) in [6, 6.07) is 0. The molecule has 0 amide bonds. The molecule has 22 heavy (non-hydrogen) atoms. The molecule has 1 N–H and O–H groups in total. The van der Waals surface area contributed by atoms with Gasteiger partial charge in [0.1, 0.15) is 0 Å². The first-order valence-electron chi connectivity index (χ1n) is 9.12. The Hall–Kier alpha value is -0.700. The fraction of sp³-hybridized carbons (Fsp3) is 0.895. The Morgan fingerprint density at radius 1 is 1.00 bits per heavy atom. The molecule has 4 aliphatic rings. The van der Waals surface area contributed by atoms with E-state index in [-0.39, 0.29) is 29.0 Å². The lowest BCUT2D eigenvalue weighted by Crippen LogP contribution is -2.54. The van der Waals surface area contributed by atoms with Gasteiger partial charge in [0.2, 0.25) is 5.78 Å². The number of Topliss-reactive ketones (excluding diaryl/α,β-unsaturated/α-hetero) is 2. The third kappa shape index (κ3) is 1.78. The lowest BCUT2D eigenvalue weighted by Gasteiger charge is -2.59. The SMILES string of the molecule is C[C@]12CC[C@@H](O)C[C@@H]1CC[C@@H]1[C@@H]2CC[C@]2(C)C(=O)C(=O)C[C@@H]12. The second-order valence-corrected chi connectivity index (χ2v) is 9.00. The molecule has 0 saturated heterocycles. The van der Waals surface area contributed by atoms with Gasteiger partial charge in [-0.3, -0.25) is 9.59 Å². The molecule has 0 radical (unpaired) electrons. The minimum atomic E-state index is -0.365. The highest BCUT2D eigenvalue weighted by Gasteiger charge is 2.62. The molecule has 4 fully saturated rings. The van der Waals surface area contributed by atoms with E-state index in [9.17, 15) is 14.7 Å². The van der Waals surface area contributed by atoms with Gasteiger partial charge in [0.25, 0.3) is 0 Å². The van der Waals surface area contributed by atoms with Gasteiger partial charge in [-0.15, -0.1) is 0 Å². The van der Waals surface area contributed by atoms with E-state index in [2.05, 4.69) is 13.8 Å². The molecule has 0 spiro atoms. The Labute approximate surface area is 132 Å². The summed E-state index contributed by atoms with van der Waals surface area (Å²) in [5.74, 6) is 1.92. The molecule has 122 valence electrons. The van der Waals surface area contributed by atoms with Crippen LogP contribution >= 0.6 is 0 Å². The van der Waals surface area contributed by atoms with Crippen LogP contribution in [0.15, 0.2) is 0 Å². The maximum absolute atomic E-state index is 12.4. The number of aliphatic hydroxyl groups excluding tert-OH is 1. The van der Waals surface area contributed by atoms with Crippen LogP contribution in [-0.4, -0.2) is 22.8 Å². The molecule has 0 aromatic heterocycles. The van der Waals surface area contributed by atoms with Crippen molar-refractivity contribution in [1.82, 2.24) is 0 Å². The summed E-state index contributed by atoms with van der Waals surface area (Å²) in [5, 5.41) is 10.0. The third-order valence-corrected chi connectivity index (χ3v) is 8.20. The van der Waals surface area contributed by atoms with Crippen molar-refractivity contribution in [3.8, 4) is 0 Å². The zero-order valence-electron chi connectivity index (χ0n) is 13.8. The number of rotatable bonds is 0. The molecule has 0 aliphatic heterocycles. The second kappa shape index (κ2) is 4.66. The van der Waals surface area contributed by atoms with Crippen LogP contribution in [0.1, 0.15) is 65.2 Å². The number of aliphatic hydroxyl groups is 1. The highest BCUT2D eigenvalue weighted by Crippen LogP contribution is 2.64. The summed E-state index contributed by atoms with van der Waals surface area (Å²) in [6.07, 6.45) is 7.70. The topological polar surface area (TPSA) is 54.4 Å². The van der Waals surface area contributed by atoms with E-state index >= 15 is 0 Å². The normalized spacial score (nSPS) is 54.6. The smallest absolute Gasteiger partial charge is 0.204 e. The van der Waals surface area contributed by atoms with E-state index in [0.717, 1.165) is 38.5 Å². The van der Waals surface area contributed by atoms with Crippen molar-refractivity contribution in [2.75, 3.05) is 0 Å². The van der Waals surface area contributed by atoms with Gasteiger partial charge in [-0.25, -0.2) is 0 Å². The molecule has 0 bridgehead atoms. The summed E-state index contributed by atoms with van der Waals surface area (Å²) >= 11 is 0. The van der Waals surface area contributed by atoms with Crippen LogP contribution in [0.25, 0.3) is 0 Å². The zero-order valence-corrected chi connectivity index (χ0v) is 13.8. The molecule has 4 saturated carbocycles. The Kier molecular flexibility index (Phi) is 3.15. The van der Waals surface area contributed by atoms with Crippen LogP contribution in [0, 0.1) is 34.5 Å². The molecule has 4 rings (SSSR count). The van der Waals surface area contributed by atoms with E-state index in [0.29, 0.717) is 29.6 Å². The minimum absolute atomic E-state index is 0.0812. The van der Waals surface area contributed by atoms with Crippen molar-refractivity contribution in [2.45, 2.75) is 71.3 Å². The number of hydrogen-bond donors (Lipinski definition) is 1. The molecule has 4 aliphatic carbocycles. The monoisotopic (exact) mass is 304 g/mol. The van der Waals surface area contributed by atoms with Gasteiger partial charge in [-0.2, -0.15) is 0 Å². The predicted octanol–water partition coefficient (Wildman–Crippen LogP) is 3.14. The number of carbonyl (C=O) groups excluding carboxylic acids is 2. The molecule has 0 aromatic rings. The van der Waals surface area contributed by atoms with Crippen LogP contribution < -0.4 is 0 Å². The van der Waals surface area contributed by atoms with Crippen LogP contribution in [0.4, 0.5) is 0 Å². The van der Waals surface area contributed by atoms with Crippen molar-refractivity contribution < 1.29 is 14.7 Å². The largest absolute Gasteiger partial charge is 0.393 e. The highest BCUT2D eigenvalue weighted by molar-refractivity contribution is 6.41. The first-order valence-corrected chi connectivity index (χ1v) is 9.12. The van der Waals surface area contributed by atoms with Gasteiger partial charge < -0.3 is 5.11 Å². The Balaban J connectivity index is 1.66. The summed E-state index contributed by atoms with van der Waals surface area (Å²) in [5.41, 5.74) is -0.0478. The Morgan fingerprint density at radius 2 is 1.77 bits per heavy atom. The van der Waals surface area contributed by atoms with Crippen LogP contribution in [0.2, 0.25) is 0 Å². The average molecular weight is 304 g/mol. The highest BCUT2D eigenvalue weighted by atomic mass is 16.3. The van der Waals surface area contributed by atoms with Gasteiger partial charge in [0.15, 0.2) is 5.78 Å². The Bertz CT molecular complexity index is 527. The quantitative estimate of drug-likeness (QED) is 0.700. The molecular formula is C19H28O3. The van der Waals surface area contributed by atoms with Crippen LogP contribution in [0.5, 0.6) is 0 Å². The molecule has 3 nitrogen and oxygen atoms in total. The molecule has 3 heteroatoms. The molecule has 0 heterocycles. The molecular weight excluding hydrogens is 276 g/mol. The van der Waals surface area contributed by atoms with Crippen molar-refractivity contribution in [3.63, 3.8) is 0 Å². The van der Waals surface area contributed by atoms with Gasteiger partial charge in [0.05, 0.1) is 6.10 Å². The van der Waals surface area contributed by atoms with Crippen molar-refractivity contribution in [2.24, 2.45) is 34.5 Å². The first kappa shape index (κ1) is 14.9. The standard InChI is InChI=1S/C19H28O3/c1-18-7-5-12(20)9-11(18)3-4-13-14(18)6-8-19(2)15(13)10-16(21)17(19)22/h11-15,20H,3-10H2,1-2H3/t11-,12+,13+,14-,15-,18-,19-/m0/s1. The zero-order chi connectivity index (χ0) is 15.7. The number of ketones is 2. The maximum atomic E-state index is 12.4. The summed E-state index contributed by atoms with van der Waals surface area (Å²) in [7, 11) is 0. The van der Waals surface area contributed by atoms with E-state index in [1.807, 2.05) is 0 Å². The summed E-state index contributed by atoms with van der Waals surface area (Å²) < 4.78 is 0. The van der Waals surface area contributed by atoms with E-state index in [1.165, 1.54) is 6.42 Å². The first-order chi connectivity index (χ1) is 10.4. The van der Waals surface area contributed by atoms with Crippen molar-refractivity contribution in [1.29, 1.82) is 0 Å². The lowest BCUT2D eigenvalue weighted by atomic mass is 9.45. The van der Waals surface area contributed by atoms with Gasteiger partial charge in [-0.05, 0) is 74.0 Å². The van der Waals surface area contributed by atoms with Gasteiger partial charge in [0, 0.05) is 11.8 Å². The molecule has 0 aromatic carbocycles. The van der Waals surface area contributed by atoms with Gasteiger partial charge >= 0.3 is 0 Å². The third-order valence-electron chi connectivity index (χ3n) is 8.20. The molecule has 7 atom stereocenters. The van der Waals surface area contributed by atoms with Crippen molar-refractivity contribution >= 4 is 11.6 Å². The summed E-state index contributed by atoms with van der Waals surface area (Å²) in [6.45, 7) is 4.49. The second-order valence-electron chi connectivity index (χ2n) is 9.00. The average Bonchev–Trinajstić information content (AvgIpc) is 2.72. The minimum Gasteiger partial charge on any atom is -0.393 e. The van der Waals surface area contributed by atoms with Crippen molar-refractivity contribution in [3.05, 3.63) is 0 Å². The fourth-order valence-corrected chi connectivity index (χ4v) is 6.82. The fourth-order valence-electron chi connectivity index (χ4n) is 6.82. The predicted molar refractivity (Wildman–Crippen MR) is 83.1 cm³/mol. The van der Waals surface area contributed by atoms with E-state index in [4.69, 9.17) is 0 Å².